The molecule has 0 radical (unpaired) electrons. The van der Waals surface area contributed by atoms with Gasteiger partial charge in [0.2, 0.25) is 5.91 Å². The minimum Gasteiger partial charge on any atom is -0.387 e. The van der Waals surface area contributed by atoms with Gasteiger partial charge in [-0.2, -0.15) is 0 Å². The largest absolute Gasteiger partial charge is 0.387 e. The number of benzene rings is 1. The average Bonchev–Trinajstić information content (AvgIpc) is 2.94. The Hall–Kier alpha value is -1.76. The van der Waals surface area contributed by atoms with Crippen LogP contribution in [-0.4, -0.2) is 17.1 Å². The van der Waals surface area contributed by atoms with Crippen LogP contribution in [0.2, 0.25) is 0 Å². The monoisotopic (exact) mass is 308 g/mol. The Kier molecular flexibility index (Phi) is 5.06. The van der Waals surface area contributed by atoms with Gasteiger partial charge in [0.15, 0.2) is 0 Å². The predicted octanol–water partition coefficient (Wildman–Crippen LogP) is 2.20. The summed E-state index contributed by atoms with van der Waals surface area (Å²) >= 11 is 1.43. The Balaban J connectivity index is 1.92. The van der Waals surface area contributed by atoms with Gasteiger partial charge in [-0.05, 0) is 30.7 Å². The summed E-state index contributed by atoms with van der Waals surface area (Å²) in [5.74, 6) is -0.777. The molecular formula is C15H17FN2O2S. The molecule has 6 heteroatoms. The lowest BCUT2D eigenvalue weighted by molar-refractivity contribution is 0.100. The lowest BCUT2D eigenvalue weighted by Crippen LogP contribution is -2.31. The molecule has 2 aromatic rings. The Morgan fingerprint density at radius 1 is 1.43 bits per heavy atom. The number of aliphatic hydroxyl groups is 1. The van der Waals surface area contributed by atoms with Crippen molar-refractivity contribution in [2.75, 3.05) is 0 Å². The first kappa shape index (κ1) is 15.6. The number of nitrogens with two attached hydrogens (primary N) is 1. The molecule has 0 bridgehead atoms. The molecule has 0 saturated carbocycles. The highest BCUT2D eigenvalue weighted by Gasteiger charge is 2.16. The number of thiophene rings is 1. The Morgan fingerprint density at radius 3 is 2.67 bits per heavy atom. The molecule has 112 valence electrons. The first-order chi connectivity index (χ1) is 9.97. The maximum absolute atomic E-state index is 12.9. The van der Waals surface area contributed by atoms with Crippen molar-refractivity contribution in [1.82, 2.24) is 5.32 Å². The Bertz CT molecular complexity index is 612. The fourth-order valence-electron chi connectivity index (χ4n) is 1.92. The predicted molar refractivity (Wildman–Crippen MR) is 80.5 cm³/mol. The summed E-state index contributed by atoms with van der Waals surface area (Å²) in [6.45, 7) is 2.37. The maximum atomic E-state index is 12.9. The summed E-state index contributed by atoms with van der Waals surface area (Å²) in [4.78, 5) is 12.0. The van der Waals surface area contributed by atoms with E-state index in [1.54, 1.807) is 23.6 Å². The number of aliphatic hydroxyl groups excluding tert-OH is 1. The van der Waals surface area contributed by atoms with E-state index >= 15 is 0 Å². The molecule has 0 saturated heterocycles. The molecule has 2 unspecified atom stereocenters. The van der Waals surface area contributed by atoms with Gasteiger partial charge >= 0.3 is 0 Å². The molecule has 1 aromatic carbocycles. The van der Waals surface area contributed by atoms with E-state index in [0.29, 0.717) is 17.7 Å². The minimum absolute atomic E-state index is 0.213. The summed E-state index contributed by atoms with van der Waals surface area (Å²) in [7, 11) is 0. The van der Waals surface area contributed by atoms with Crippen molar-refractivity contribution >= 4 is 17.2 Å². The smallest absolute Gasteiger partial charge is 0.249 e. The molecule has 2 rings (SSSR count). The Morgan fingerprint density at radius 2 is 2.10 bits per heavy atom. The molecule has 21 heavy (non-hydrogen) atoms. The molecule has 0 spiro atoms. The fourth-order valence-corrected chi connectivity index (χ4v) is 2.75. The second-order valence-corrected chi connectivity index (χ2v) is 5.83. The number of carbonyl (C=O) groups is 1. The van der Waals surface area contributed by atoms with Crippen molar-refractivity contribution in [2.45, 2.75) is 25.6 Å². The molecule has 1 heterocycles. The van der Waals surface area contributed by atoms with Crippen molar-refractivity contribution in [1.29, 1.82) is 0 Å². The maximum Gasteiger partial charge on any atom is 0.249 e. The van der Waals surface area contributed by atoms with Crippen LogP contribution < -0.4 is 11.1 Å². The van der Waals surface area contributed by atoms with Gasteiger partial charge in [0.1, 0.15) is 5.82 Å². The van der Waals surface area contributed by atoms with Crippen LogP contribution in [0, 0.1) is 5.82 Å². The third kappa shape index (κ3) is 4.10. The van der Waals surface area contributed by atoms with Crippen molar-refractivity contribution in [3.8, 4) is 0 Å². The second-order valence-electron chi connectivity index (χ2n) is 4.83. The number of carbonyl (C=O) groups excluding carboxylic acids is 1. The van der Waals surface area contributed by atoms with Gasteiger partial charge in [-0.25, -0.2) is 4.39 Å². The molecule has 4 N–H and O–H groups in total. The summed E-state index contributed by atoms with van der Waals surface area (Å²) in [5.41, 5.74) is 6.34. The zero-order valence-electron chi connectivity index (χ0n) is 11.5. The molecule has 0 aliphatic heterocycles. The van der Waals surface area contributed by atoms with Gasteiger partial charge in [-0.1, -0.05) is 12.1 Å². The molecule has 0 aliphatic carbocycles. The van der Waals surface area contributed by atoms with Crippen LogP contribution in [0.3, 0.4) is 0 Å². The van der Waals surface area contributed by atoms with Crippen molar-refractivity contribution < 1.29 is 14.3 Å². The zero-order valence-corrected chi connectivity index (χ0v) is 12.4. The van der Waals surface area contributed by atoms with E-state index in [0.717, 1.165) is 4.88 Å². The summed E-state index contributed by atoms with van der Waals surface area (Å²) in [5, 5.41) is 15.1. The number of amides is 1. The van der Waals surface area contributed by atoms with Crippen LogP contribution in [0.1, 0.15) is 33.8 Å². The van der Waals surface area contributed by atoms with Crippen molar-refractivity contribution in [3.63, 3.8) is 0 Å². The van der Waals surface area contributed by atoms with Gasteiger partial charge < -0.3 is 16.2 Å². The molecule has 0 fully saturated rings. The number of halogens is 1. The number of hydrogen-bond acceptors (Lipinski definition) is 4. The zero-order chi connectivity index (χ0) is 15.4. The highest BCUT2D eigenvalue weighted by atomic mass is 32.1. The third-order valence-electron chi connectivity index (χ3n) is 3.22. The minimum atomic E-state index is -0.735. The van der Waals surface area contributed by atoms with Crippen molar-refractivity contribution in [2.24, 2.45) is 5.73 Å². The number of nitrogens with one attached hydrogen (secondary N) is 1. The SMILES string of the molecule is CC(NCc1cc(C(N)=O)cs1)C(O)c1ccc(F)cc1. The summed E-state index contributed by atoms with van der Waals surface area (Å²) < 4.78 is 12.9. The van der Waals surface area contributed by atoms with E-state index in [-0.39, 0.29) is 11.9 Å². The van der Waals surface area contributed by atoms with Gasteiger partial charge in [0.25, 0.3) is 0 Å². The number of hydrogen-bond donors (Lipinski definition) is 3. The first-order valence-corrected chi connectivity index (χ1v) is 7.39. The summed E-state index contributed by atoms with van der Waals surface area (Å²) in [6.07, 6.45) is -0.735. The van der Waals surface area contributed by atoms with E-state index < -0.39 is 12.0 Å². The van der Waals surface area contributed by atoms with Gasteiger partial charge in [0.05, 0.1) is 11.7 Å². The summed E-state index contributed by atoms with van der Waals surface area (Å²) in [6, 6.07) is 7.29. The second kappa shape index (κ2) is 6.80. The number of rotatable bonds is 6. The van der Waals surface area contributed by atoms with Crippen molar-refractivity contribution in [3.05, 3.63) is 57.5 Å². The standard InChI is InChI=1S/C15H17FN2O2S/c1-9(14(19)10-2-4-12(16)5-3-10)18-7-13-6-11(8-21-13)15(17)20/h2-6,8-9,14,18-19H,7H2,1H3,(H2,17,20). The highest BCUT2D eigenvalue weighted by molar-refractivity contribution is 7.10. The normalized spacial score (nSPS) is 13.9. The van der Waals surface area contributed by atoms with Crippen LogP contribution in [0.25, 0.3) is 0 Å². The van der Waals surface area contributed by atoms with Crippen LogP contribution in [-0.2, 0) is 6.54 Å². The fraction of sp³-hybridized carbons (Fsp3) is 0.267. The molecular weight excluding hydrogens is 291 g/mol. The van der Waals surface area contributed by atoms with Gasteiger partial charge in [-0.15, -0.1) is 11.3 Å². The lowest BCUT2D eigenvalue weighted by Gasteiger charge is -2.20. The van der Waals surface area contributed by atoms with Crippen LogP contribution >= 0.6 is 11.3 Å². The lowest BCUT2D eigenvalue weighted by atomic mass is 10.0. The molecule has 2 atom stereocenters. The Labute approximate surface area is 126 Å². The van der Waals surface area contributed by atoms with Gasteiger partial charge in [-0.3, -0.25) is 4.79 Å². The molecule has 0 aliphatic rings. The van der Waals surface area contributed by atoms with Crippen LogP contribution in [0.5, 0.6) is 0 Å². The van der Waals surface area contributed by atoms with Crippen LogP contribution in [0.15, 0.2) is 35.7 Å². The quantitative estimate of drug-likeness (QED) is 0.766. The third-order valence-corrected chi connectivity index (χ3v) is 4.16. The average molecular weight is 308 g/mol. The van der Waals surface area contributed by atoms with E-state index in [2.05, 4.69) is 5.32 Å². The topological polar surface area (TPSA) is 75.3 Å². The van der Waals surface area contributed by atoms with Crippen LogP contribution in [0.4, 0.5) is 4.39 Å². The van der Waals surface area contributed by atoms with Gasteiger partial charge in [0, 0.05) is 22.8 Å². The highest BCUT2D eigenvalue weighted by Crippen LogP contribution is 2.19. The first-order valence-electron chi connectivity index (χ1n) is 6.51. The number of primary amides is 1. The van der Waals surface area contributed by atoms with E-state index in [9.17, 15) is 14.3 Å². The van der Waals surface area contributed by atoms with E-state index in [4.69, 9.17) is 5.73 Å². The van der Waals surface area contributed by atoms with E-state index in [1.165, 1.54) is 23.5 Å². The van der Waals surface area contributed by atoms with E-state index in [1.807, 2.05) is 6.92 Å². The molecule has 4 nitrogen and oxygen atoms in total. The molecule has 1 aromatic heterocycles. The molecule has 1 amide bonds.